The largest absolute Gasteiger partial charge is 0.497 e. The number of esters is 3. The maximum Gasteiger partial charge on any atom is 0.352 e. The van der Waals surface area contributed by atoms with Gasteiger partial charge in [0.1, 0.15) is 27.3 Å². The first-order chi connectivity index (χ1) is 24.8. The van der Waals surface area contributed by atoms with Gasteiger partial charge in [-0.1, -0.05) is 24.0 Å². The Kier molecular flexibility index (Phi) is 11.3. The lowest BCUT2D eigenvalue weighted by atomic mass is 9.54. The molecular formula is C37H42N2O11S2. The molecule has 52 heavy (non-hydrogen) atoms. The van der Waals surface area contributed by atoms with E-state index >= 15 is 0 Å². The molecule has 278 valence electrons. The summed E-state index contributed by atoms with van der Waals surface area (Å²) in [5.74, 6) is 0.315. The molecule has 2 heterocycles. The summed E-state index contributed by atoms with van der Waals surface area (Å²) >= 11 is 7.11. The molecule has 5 fully saturated rings. The summed E-state index contributed by atoms with van der Waals surface area (Å²) in [4.78, 5) is 64.5. The number of hydrogen-bond acceptors (Lipinski definition) is 13. The van der Waals surface area contributed by atoms with E-state index < -0.39 is 36.0 Å². The average Bonchev–Trinajstić information content (AvgIpc) is 3.62. The Morgan fingerprint density at radius 1 is 0.942 bits per heavy atom. The van der Waals surface area contributed by atoms with Crippen LogP contribution in [-0.2, 0) is 44.6 Å². The van der Waals surface area contributed by atoms with Gasteiger partial charge in [0.25, 0.3) is 11.8 Å². The van der Waals surface area contributed by atoms with E-state index in [0.717, 1.165) is 56.9 Å². The van der Waals surface area contributed by atoms with Gasteiger partial charge in [0.15, 0.2) is 0 Å². The number of thiocarbonyl (C=S) groups is 1. The average molecular weight is 755 g/mol. The van der Waals surface area contributed by atoms with Gasteiger partial charge >= 0.3 is 17.9 Å². The van der Waals surface area contributed by atoms with E-state index in [1.54, 1.807) is 38.5 Å². The molecule has 0 unspecified atom stereocenters. The van der Waals surface area contributed by atoms with Crippen LogP contribution in [0.15, 0.2) is 33.6 Å². The molecular weight excluding hydrogens is 713 g/mol. The normalized spacial score (nSPS) is 25.2. The number of thioether (sulfide) groups is 1. The van der Waals surface area contributed by atoms with Crippen LogP contribution in [0.1, 0.15) is 63.7 Å². The molecule has 5 aliphatic rings. The zero-order valence-corrected chi connectivity index (χ0v) is 31.0. The summed E-state index contributed by atoms with van der Waals surface area (Å²) < 4.78 is 33.0. The highest BCUT2D eigenvalue weighted by Gasteiger charge is 2.53. The minimum Gasteiger partial charge on any atom is -0.497 e. The molecule has 1 saturated heterocycles. The Hall–Kier alpha value is -4.37. The van der Waals surface area contributed by atoms with Gasteiger partial charge in [0, 0.05) is 37.6 Å². The molecule has 4 aliphatic carbocycles. The predicted molar refractivity (Wildman–Crippen MR) is 193 cm³/mol. The molecule has 15 heteroatoms. The lowest BCUT2D eigenvalue weighted by Gasteiger charge is -2.56. The third-order valence-electron chi connectivity index (χ3n) is 10.2. The molecule has 4 bridgehead atoms. The summed E-state index contributed by atoms with van der Waals surface area (Å²) in [6.07, 6.45) is 4.52. The minimum atomic E-state index is -1.88. The van der Waals surface area contributed by atoms with Crippen LogP contribution in [0.3, 0.4) is 0 Å². The van der Waals surface area contributed by atoms with Crippen LogP contribution in [-0.4, -0.2) is 78.0 Å². The van der Waals surface area contributed by atoms with Gasteiger partial charge in [-0.3, -0.25) is 24.1 Å². The smallest absolute Gasteiger partial charge is 0.352 e. The number of amides is 2. The van der Waals surface area contributed by atoms with Crippen molar-refractivity contribution >= 4 is 64.1 Å². The van der Waals surface area contributed by atoms with Crippen molar-refractivity contribution in [1.29, 1.82) is 0 Å². The minimum absolute atomic E-state index is 0.110. The second-order valence-electron chi connectivity index (χ2n) is 13.8. The first kappa shape index (κ1) is 37.4. The van der Waals surface area contributed by atoms with Crippen LogP contribution >= 0.6 is 24.0 Å². The molecule has 0 radical (unpaired) electrons. The maximum absolute atomic E-state index is 14.1. The lowest BCUT2D eigenvalue weighted by molar-refractivity contribution is -0.183. The van der Waals surface area contributed by atoms with Gasteiger partial charge in [-0.25, -0.2) is 4.79 Å². The Morgan fingerprint density at radius 2 is 1.54 bits per heavy atom. The van der Waals surface area contributed by atoms with Crippen molar-refractivity contribution < 1.29 is 52.1 Å². The molecule has 4 saturated carbocycles. The second kappa shape index (κ2) is 15.7. The van der Waals surface area contributed by atoms with Crippen LogP contribution in [0.2, 0.25) is 0 Å². The van der Waals surface area contributed by atoms with Crippen molar-refractivity contribution in [3.05, 3.63) is 40.5 Å². The molecule has 7 rings (SSSR count). The summed E-state index contributed by atoms with van der Waals surface area (Å²) in [6, 6.07) is 7.31. The lowest BCUT2D eigenvalue weighted by Crippen LogP contribution is -2.57. The van der Waals surface area contributed by atoms with Crippen molar-refractivity contribution in [1.82, 2.24) is 4.90 Å². The van der Waals surface area contributed by atoms with Crippen LogP contribution in [0, 0.1) is 23.7 Å². The van der Waals surface area contributed by atoms with Crippen molar-refractivity contribution in [2.75, 3.05) is 20.8 Å². The summed E-state index contributed by atoms with van der Waals surface area (Å²) in [6.45, 7) is 1.88. The number of aryl methyl sites for hydroxylation is 1. The Morgan fingerprint density at radius 3 is 2.10 bits per heavy atom. The molecule has 2 amide bonds. The molecule has 1 aliphatic heterocycles. The number of rotatable bonds is 14. The standard InChI is InChI=1S/C37H42N2O11S2/c1-18(40)48-32(34(38)42)33(49-19(2)41)36(44)47-7-5-6-22-15-28(23-13-26(45-3)16-27(14-23)46-4)50-29(22)17-30-35(43)39(37(51)52-30)31-24-9-20-8-21(11-24)12-25(31)10-20/h13-17,20-21,24-25,31-33H,5-12H2,1-4H3,(H2,38,42)/b30-17-/t20?,21?,24?,25?,31?,32-,33-/m1/s1. The Labute approximate surface area is 310 Å². The van der Waals surface area contributed by atoms with Crippen LogP contribution in [0.5, 0.6) is 11.5 Å². The number of primary amides is 1. The van der Waals surface area contributed by atoms with Gasteiger partial charge in [0.2, 0.25) is 12.2 Å². The van der Waals surface area contributed by atoms with Gasteiger partial charge in [-0.2, -0.15) is 0 Å². The van der Waals surface area contributed by atoms with E-state index in [1.165, 1.54) is 18.2 Å². The fourth-order valence-electron chi connectivity index (χ4n) is 8.40. The number of nitrogens with zero attached hydrogens (tertiary/aromatic N) is 1. The molecule has 2 atom stereocenters. The first-order valence-corrected chi connectivity index (χ1v) is 18.5. The molecule has 2 N–H and O–H groups in total. The third kappa shape index (κ3) is 7.99. The number of benzene rings is 1. The van der Waals surface area contributed by atoms with Gasteiger partial charge in [-0.15, -0.1) is 0 Å². The summed E-state index contributed by atoms with van der Waals surface area (Å²) in [5, 5.41) is 0. The zero-order chi connectivity index (χ0) is 37.3. The highest BCUT2D eigenvalue weighted by molar-refractivity contribution is 8.26. The monoisotopic (exact) mass is 754 g/mol. The van der Waals surface area contributed by atoms with Crippen molar-refractivity contribution in [2.24, 2.45) is 29.4 Å². The number of ether oxygens (including phenoxy) is 5. The van der Waals surface area contributed by atoms with E-state index in [0.29, 0.717) is 56.1 Å². The highest BCUT2D eigenvalue weighted by Crippen LogP contribution is 2.56. The Balaban J connectivity index is 1.23. The van der Waals surface area contributed by atoms with Gasteiger partial charge < -0.3 is 33.8 Å². The first-order valence-electron chi connectivity index (χ1n) is 17.3. The second-order valence-corrected chi connectivity index (χ2v) is 15.5. The van der Waals surface area contributed by atoms with E-state index in [1.807, 2.05) is 11.0 Å². The fraction of sp³-hybridized carbons (Fsp3) is 0.514. The molecule has 13 nitrogen and oxygen atoms in total. The highest BCUT2D eigenvalue weighted by atomic mass is 32.2. The van der Waals surface area contributed by atoms with E-state index in [4.69, 9.17) is 46.1 Å². The maximum atomic E-state index is 14.1. The topological polar surface area (TPSA) is 174 Å². The zero-order valence-electron chi connectivity index (χ0n) is 29.4. The van der Waals surface area contributed by atoms with Crippen LogP contribution < -0.4 is 15.2 Å². The molecule has 0 spiro atoms. The summed E-state index contributed by atoms with van der Waals surface area (Å²) in [7, 11) is 3.10. The molecule has 1 aromatic carbocycles. The van der Waals surface area contributed by atoms with Crippen molar-refractivity contribution in [3.8, 4) is 22.8 Å². The third-order valence-corrected chi connectivity index (χ3v) is 11.6. The molecule has 1 aromatic heterocycles. The van der Waals surface area contributed by atoms with Gasteiger partial charge in [-0.05, 0) is 92.4 Å². The van der Waals surface area contributed by atoms with Crippen LogP contribution in [0.4, 0.5) is 0 Å². The quantitative estimate of drug-likeness (QED) is 0.0916. The SMILES string of the molecule is COc1cc(OC)cc(-c2cc(CCCOC(=O)[C@H](OC(C)=O)[C@@H](OC(C)=O)C(N)=O)c(/C=C3\SC(=S)N(C4C5CC6CC(C5)CC4C6)C3=O)o2)c1. The number of hydrogen-bond donors (Lipinski definition) is 1. The van der Waals surface area contributed by atoms with E-state index in [9.17, 15) is 24.0 Å². The van der Waals surface area contributed by atoms with Crippen molar-refractivity contribution in [2.45, 2.75) is 77.0 Å². The Bertz CT molecular complexity index is 1750. The molecule has 2 aromatic rings. The number of furan rings is 1. The number of nitrogens with two attached hydrogens (primary N) is 1. The van der Waals surface area contributed by atoms with Gasteiger partial charge in [0.05, 0.1) is 25.7 Å². The van der Waals surface area contributed by atoms with Crippen LogP contribution in [0.25, 0.3) is 17.4 Å². The number of carbonyl (C=O) groups is 5. The fourth-order valence-corrected chi connectivity index (χ4v) is 9.72. The van der Waals surface area contributed by atoms with E-state index in [-0.39, 0.29) is 25.0 Å². The van der Waals surface area contributed by atoms with E-state index in [2.05, 4.69) is 0 Å². The van der Waals surface area contributed by atoms with Crippen molar-refractivity contribution in [3.63, 3.8) is 0 Å². The number of carbonyl (C=O) groups excluding carboxylic acids is 5. The number of methoxy groups -OCH3 is 2. The summed E-state index contributed by atoms with van der Waals surface area (Å²) in [5.41, 5.74) is 6.72. The predicted octanol–water partition coefficient (Wildman–Crippen LogP) is 4.81.